The predicted octanol–water partition coefficient (Wildman–Crippen LogP) is 2.60. The fourth-order valence-electron chi connectivity index (χ4n) is 1.73. The molecular formula is C12H14N2O2S. The summed E-state index contributed by atoms with van der Waals surface area (Å²) in [6, 6.07) is 1.51. The smallest absolute Gasteiger partial charge is 0.337 e. The first-order chi connectivity index (χ1) is 8.16. The number of hydrogen-bond acceptors (Lipinski definition) is 4. The van der Waals surface area contributed by atoms with Gasteiger partial charge in [-0.2, -0.15) is 0 Å². The first-order valence-electron chi connectivity index (χ1n) is 5.41. The Hall–Kier alpha value is -1.49. The van der Waals surface area contributed by atoms with E-state index in [9.17, 15) is 4.79 Å². The maximum atomic E-state index is 11.0. The molecule has 0 fully saturated rings. The highest BCUT2D eigenvalue weighted by atomic mass is 32.2. The van der Waals surface area contributed by atoms with Crippen molar-refractivity contribution in [2.24, 2.45) is 0 Å². The lowest BCUT2D eigenvalue weighted by Crippen LogP contribution is -2.16. The van der Waals surface area contributed by atoms with E-state index >= 15 is 0 Å². The SMILES string of the molecule is CC1=CCC(CNc2cnccc2C(=O)O)S1. The summed E-state index contributed by atoms with van der Waals surface area (Å²) in [6.45, 7) is 2.85. The van der Waals surface area contributed by atoms with Gasteiger partial charge in [0.2, 0.25) is 0 Å². The van der Waals surface area contributed by atoms with E-state index in [-0.39, 0.29) is 5.56 Å². The summed E-state index contributed by atoms with van der Waals surface area (Å²) in [5, 5.41) is 12.7. The second kappa shape index (κ2) is 5.23. The fraction of sp³-hybridized carbons (Fsp3) is 0.333. The van der Waals surface area contributed by atoms with Gasteiger partial charge < -0.3 is 10.4 Å². The minimum atomic E-state index is -0.928. The number of nitrogens with one attached hydrogen (secondary N) is 1. The van der Waals surface area contributed by atoms with E-state index in [0.29, 0.717) is 10.9 Å². The molecule has 1 unspecified atom stereocenters. The van der Waals surface area contributed by atoms with Gasteiger partial charge in [0, 0.05) is 18.0 Å². The van der Waals surface area contributed by atoms with Gasteiger partial charge in [0.15, 0.2) is 0 Å². The van der Waals surface area contributed by atoms with Crippen molar-refractivity contribution in [3.63, 3.8) is 0 Å². The zero-order chi connectivity index (χ0) is 12.3. The molecule has 90 valence electrons. The van der Waals surface area contributed by atoms with Crippen LogP contribution in [0.5, 0.6) is 0 Å². The number of anilines is 1. The Bertz CT molecular complexity index is 460. The molecule has 0 saturated heterocycles. The quantitative estimate of drug-likeness (QED) is 0.860. The molecule has 2 heterocycles. The lowest BCUT2D eigenvalue weighted by molar-refractivity contribution is 0.0698. The number of allylic oxidation sites excluding steroid dienone is 2. The van der Waals surface area contributed by atoms with Crippen molar-refractivity contribution in [3.8, 4) is 0 Å². The van der Waals surface area contributed by atoms with Crippen LogP contribution in [0.4, 0.5) is 5.69 Å². The molecule has 0 aliphatic carbocycles. The molecule has 2 N–H and O–H groups in total. The molecule has 0 radical (unpaired) electrons. The Labute approximate surface area is 104 Å². The predicted molar refractivity (Wildman–Crippen MR) is 69.4 cm³/mol. The number of aromatic nitrogens is 1. The molecule has 0 saturated carbocycles. The maximum absolute atomic E-state index is 11.0. The number of carbonyl (C=O) groups is 1. The molecule has 1 aromatic rings. The average molecular weight is 250 g/mol. The molecule has 1 atom stereocenters. The highest BCUT2D eigenvalue weighted by Gasteiger charge is 2.16. The van der Waals surface area contributed by atoms with E-state index in [4.69, 9.17) is 5.11 Å². The number of carboxylic acids is 1. The standard InChI is InChI=1S/C12H14N2O2S/c1-8-2-3-9(17-8)6-14-11-7-13-5-4-10(11)12(15)16/h2,4-5,7,9,14H,3,6H2,1H3,(H,15,16). The van der Waals surface area contributed by atoms with Crippen molar-refractivity contribution in [1.29, 1.82) is 0 Å². The Morgan fingerprint density at radius 2 is 2.53 bits per heavy atom. The third kappa shape index (κ3) is 3.00. The number of hydrogen-bond donors (Lipinski definition) is 2. The number of carboxylic acid groups (broad SMARTS) is 1. The number of thioether (sulfide) groups is 1. The van der Waals surface area contributed by atoms with E-state index in [2.05, 4.69) is 23.3 Å². The molecule has 0 aromatic carbocycles. The van der Waals surface area contributed by atoms with E-state index in [0.717, 1.165) is 13.0 Å². The zero-order valence-corrected chi connectivity index (χ0v) is 10.3. The van der Waals surface area contributed by atoms with E-state index in [1.807, 2.05) is 11.8 Å². The number of aromatic carboxylic acids is 1. The van der Waals surface area contributed by atoms with Crippen LogP contribution >= 0.6 is 11.8 Å². The summed E-state index contributed by atoms with van der Waals surface area (Å²) in [7, 11) is 0. The number of rotatable bonds is 4. The van der Waals surface area contributed by atoms with Gasteiger partial charge in [0.05, 0.1) is 17.4 Å². The molecule has 1 aliphatic heterocycles. The van der Waals surface area contributed by atoms with Crippen molar-refractivity contribution in [2.45, 2.75) is 18.6 Å². The largest absolute Gasteiger partial charge is 0.478 e. The van der Waals surface area contributed by atoms with Crippen LogP contribution in [0.25, 0.3) is 0 Å². The van der Waals surface area contributed by atoms with Gasteiger partial charge in [-0.05, 0) is 24.3 Å². The Morgan fingerprint density at radius 1 is 1.71 bits per heavy atom. The molecule has 5 heteroatoms. The van der Waals surface area contributed by atoms with E-state index in [1.165, 1.54) is 17.2 Å². The van der Waals surface area contributed by atoms with Crippen LogP contribution in [0, 0.1) is 0 Å². The summed E-state index contributed by atoms with van der Waals surface area (Å²) < 4.78 is 0. The molecule has 17 heavy (non-hydrogen) atoms. The molecule has 1 aromatic heterocycles. The molecule has 0 bridgehead atoms. The summed E-state index contributed by atoms with van der Waals surface area (Å²) in [5.41, 5.74) is 0.859. The zero-order valence-electron chi connectivity index (χ0n) is 9.51. The van der Waals surface area contributed by atoms with Crippen molar-refractivity contribution in [3.05, 3.63) is 35.0 Å². The van der Waals surface area contributed by atoms with Crippen molar-refractivity contribution in [2.75, 3.05) is 11.9 Å². The van der Waals surface area contributed by atoms with E-state index in [1.54, 1.807) is 6.20 Å². The molecular weight excluding hydrogens is 236 g/mol. The van der Waals surface area contributed by atoms with Crippen molar-refractivity contribution >= 4 is 23.4 Å². The summed E-state index contributed by atoms with van der Waals surface area (Å²) in [6.07, 6.45) is 6.29. The van der Waals surface area contributed by atoms with Crippen LogP contribution in [0.3, 0.4) is 0 Å². The minimum absolute atomic E-state index is 0.271. The normalized spacial score (nSPS) is 18.9. The van der Waals surface area contributed by atoms with Crippen LogP contribution in [0.15, 0.2) is 29.4 Å². The van der Waals surface area contributed by atoms with Crippen LogP contribution in [0.1, 0.15) is 23.7 Å². The molecule has 2 rings (SSSR count). The summed E-state index contributed by atoms with van der Waals surface area (Å²) in [4.78, 5) is 16.3. The Kier molecular flexibility index (Phi) is 3.68. The molecule has 0 spiro atoms. The Morgan fingerprint density at radius 3 is 3.18 bits per heavy atom. The van der Waals surface area contributed by atoms with Crippen molar-refractivity contribution in [1.82, 2.24) is 4.98 Å². The van der Waals surface area contributed by atoms with Crippen LogP contribution in [-0.4, -0.2) is 27.9 Å². The van der Waals surface area contributed by atoms with Gasteiger partial charge in [-0.25, -0.2) is 4.79 Å². The van der Waals surface area contributed by atoms with Gasteiger partial charge in [0.1, 0.15) is 0 Å². The number of nitrogens with zero attached hydrogens (tertiary/aromatic N) is 1. The molecule has 4 nitrogen and oxygen atoms in total. The van der Waals surface area contributed by atoms with Gasteiger partial charge in [-0.15, -0.1) is 11.8 Å². The first kappa shape index (κ1) is 12.0. The highest BCUT2D eigenvalue weighted by molar-refractivity contribution is 8.03. The second-order valence-electron chi connectivity index (χ2n) is 3.90. The maximum Gasteiger partial charge on any atom is 0.337 e. The van der Waals surface area contributed by atoms with Crippen LogP contribution in [0.2, 0.25) is 0 Å². The monoisotopic (exact) mass is 250 g/mol. The molecule has 0 amide bonds. The number of pyridine rings is 1. The summed E-state index contributed by atoms with van der Waals surface area (Å²) >= 11 is 1.83. The average Bonchev–Trinajstić information content (AvgIpc) is 2.73. The van der Waals surface area contributed by atoms with Crippen LogP contribution in [-0.2, 0) is 0 Å². The van der Waals surface area contributed by atoms with Gasteiger partial charge in [-0.1, -0.05) is 6.08 Å². The lowest BCUT2D eigenvalue weighted by atomic mass is 10.2. The van der Waals surface area contributed by atoms with Gasteiger partial charge in [-0.3, -0.25) is 4.98 Å². The van der Waals surface area contributed by atoms with Crippen molar-refractivity contribution < 1.29 is 9.90 Å². The highest BCUT2D eigenvalue weighted by Crippen LogP contribution is 2.31. The third-order valence-corrected chi connectivity index (χ3v) is 3.82. The topological polar surface area (TPSA) is 62.2 Å². The minimum Gasteiger partial charge on any atom is -0.478 e. The third-order valence-electron chi connectivity index (χ3n) is 2.59. The first-order valence-corrected chi connectivity index (χ1v) is 6.29. The van der Waals surface area contributed by atoms with E-state index < -0.39 is 5.97 Å². The summed E-state index contributed by atoms with van der Waals surface area (Å²) in [5.74, 6) is -0.928. The van der Waals surface area contributed by atoms with Gasteiger partial charge >= 0.3 is 5.97 Å². The second-order valence-corrected chi connectivity index (χ2v) is 5.44. The lowest BCUT2D eigenvalue weighted by Gasteiger charge is -2.13. The molecule has 1 aliphatic rings. The van der Waals surface area contributed by atoms with Crippen LogP contribution < -0.4 is 5.32 Å². The Balaban J connectivity index is 1.97. The van der Waals surface area contributed by atoms with Gasteiger partial charge in [0.25, 0.3) is 0 Å². The fourth-order valence-corrected chi connectivity index (χ4v) is 2.80.